The van der Waals surface area contributed by atoms with Crippen LogP contribution in [0.5, 0.6) is 0 Å². The molecule has 0 spiro atoms. The molecule has 0 bridgehead atoms. The van der Waals surface area contributed by atoms with Gasteiger partial charge in [0.05, 0.1) is 17.9 Å². The van der Waals surface area contributed by atoms with Crippen molar-refractivity contribution < 1.29 is 9.53 Å². The molecule has 30 heavy (non-hydrogen) atoms. The van der Waals surface area contributed by atoms with Gasteiger partial charge in [0, 0.05) is 29.6 Å². The Labute approximate surface area is 175 Å². The number of rotatable bonds is 7. The number of ether oxygens (including phenoxy) is 1. The van der Waals surface area contributed by atoms with E-state index in [0.717, 1.165) is 22.4 Å². The second-order valence-corrected chi connectivity index (χ2v) is 6.74. The van der Waals surface area contributed by atoms with Gasteiger partial charge in [-0.15, -0.1) is 0 Å². The fraction of sp³-hybridized carbons (Fsp3) is 0.0800. The van der Waals surface area contributed by atoms with Crippen molar-refractivity contribution in [2.45, 2.75) is 13.2 Å². The Morgan fingerprint density at radius 2 is 1.67 bits per heavy atom. The molecule has 2 aromatic carbocycles. The number of hydrogen-bond donors (Lipinski definition) is 0. The van der Waals surface area contributed by atoms with Crippen molar-refractivity contribution in [1.29, 1.82) is 0 Å². The topological polar surface area (TPSA) is 57.0 Å². The second-order valence-electron chi connectivity index (χ2n) is 6.74. The van der Waals surface area contributed by atoms with Crippen molar-refractivity contribution in [3.05, 3.63) is 114 Å². The normalized spacial score (nSPS) is 10.9. The van der Waals surface area contributed by atoms with Gasteiger partial charge in [0.1, 0.15) is 6.61 Å². The highest BCUT2D eigenvalue weighted by Gasteiger charge is 2.10. The number of nitrogens with zero attached hydrogens (tertiary/aromatic N) is 3. The molecule has 0 amide bonds. The van der Waals surface area contributed by atoms with Crippen molar-refractivity contribution in [1.82, 2.24) is 14.8 Å². The molecule has 148 valence electrons. The van der Waals surface area contributed by atoms with E-state index in [9.17, 15) is 4.79 Å². The van der Waals surface area contributed by atoms with Crippen LogP contribution in [-0.4, -0.2) is 20.7 Å². The summed E-state index contributed by atoms with van der Waals surface area (Å²) < 4.78 is 7.17. The minimum Gasteiger partial charge on any atom is -0.456 e. The summed E-state index contributed by atoms with van der Waals surface area (Å²) in [5.41, 5.74) is 4.53. The average Bonchev–Trinajstić information content (AvgIpc) is 3.21. The average molecular weight is 395 g/mol. The maximum atomic E-state index is 12.2. The molecule has 5 nitrogen and oxygen atoms in total. The Bertz CT molecular complexity index is 1120. The fourth-order valence-corrected chi connectivity index (χ4v) is 3.07. The van der Waals surface area contributed by atoms with E-state index in [0.29, 0.717) is 12.2 Å². The number of benzene rings is 2. The van der Waals surface area contributed by atoms with E-state index in [-0.39, 0.29) is 6.61 Å². The van der Waals surface area contributed by atoms with Gasteiger partial charge in [0.15, 0.2) is 0 Å². The number of carbonyl (C=O) groups is 1. The van der Waals surface area contributed by atoms with E-state index in [1.807, 2.05) is 77.6 Å². The van der Waals surface area contributed by atoms with Gasteiger partial charge in [-0.25, -0.2) is 4.79 Å². The summed E-state index contributed by atoms with van der Waals surface area (Å²) in [6.45, 7) is 0.793. The van der Waals surface area contributed by atoms with E-state index in [2.05, 4.69) is 17.1 Å². The van der Waals surface area contributed by atoms with Gasteiger partial charge in [-0.1, -0.05) is 66.7 Å². The molecular formula is C25H21N3O2. The lowest BCUT2D eigenvalue weighted by Crippen LogP contribution is -2.01. The summed E-state index contributed by atoms with van der Waals surface area (Å²) >= 11 is 0. The lowest BCUT2D eigenvalue weighted by Gasteiger charge is -2.01. The molecule has 0 radical (unpaired) electrons. The van der Waals surface area contributed by atoms with Crippen molar-refractivity contribution in [2.75, 3.05) is 0 Å². The standard InChI is InChI=1S/C25H21N3O2/c29-24(30-19-23-13-7-8-16-26-23)15-14-22-18-28(17-20-9-3-1-4-10-20)27-25(22)21-11-5-2-6-12-21/h1-16,18H,17,19H2/b15-14+. The predicted molar refractivity (Wildman–Crippen MR) is 116 cm³/mol. The lowest BCUT2D eigenvalue weighted by atomic mass is 10.1. The summed E-state index contributed by atoms with van der Waals surface area (Å²) in [5, 5.41) is 4.75. The number of pyridine rings is 1. The van der Waals surface area contributed by atoms with E-state index in [1.165, 1.54) is 6.08 Å². The predicted octanol–water partition coefficient (Wildman–Crippen LogP) is 4.75. The first-order valence-electron chi connectivity index (χ1n) is 9.69. The zero-order valence-corrected chi connectivity index (χ0v) is 16.4. The number of hydrogen-bond acceptors (Lipinski definition) is 4. The third-order valence-corrected chi connectivity index (χ3v) is 4.51. The molecule has 4 rings (SSSR count). The molecule has 0 saturated heterocycles. The molecule has 0 aliphatic carbocycles. The minimum atomic E-state index is -0.421. The van der Waals surface area contributed by atoms with Crippen molar-refractivity contribution >= 4 is 12.0 Å². The van der Waals surface area contributed by atoms with Gasteiger partial charge in [-0.2, -0.15) is 5.10 Å². The third kappa shape index (κ3) is 5.08. The molecule has 0 atom stereocenters. The molecule has 0 fully saturated rings. The van der Waals surface area contributed by atoms with E-state index in [4.69, 9.17) is 9.84 Å². The van der Waals surface area contributed by atoms with Crippen LogP contribution in [0.1, 0.15) is 16.8 Å². The molecular weight excluding hydrogens is 374 g/mol. The molecule has 0 aliphatic rings. The quantitative estimate of drug-likeness (QED) is 0.335. The SMILES string of the molecule is O=C(/C=C/c1cn(Cc2ccccc2)nc1-c1ccccc1)OCc1ccccn1. The zero-order valence-electron chi connectivity index (χ0n) is 16.4. The highest BCUT2D eigenvalue weighted by Crippen LogP contribution is 2.23. The largest absolute Gasteiger partial charge is 0.456 e. The van der Waals surface area contributed by atoms with Crippen LogP contribution in [0.4, 0.5) is 0 Å². The van der Waals surface area contributed by atoms with E-state index in [1.54, 1.807) is 12.3 Å². The Morgan fingerprint density at radius 3 is 2.40 bits per heavy atom. The first kappa shape index (κ1) is 19.3. The summed E-state index contributed by atoms with van der Waals surface area (Å²) in [6, 6.07) is 25.6. The Kier molecular flexibility index (Phi) is 6.11. The minimum absolute atomic E-state index is 0.142. The Balaban J connectivity index is 1.53. The number of aromatic nitrogens is 3. The van der Waals surface area contributed by atoms with Crippen LogP contribution in [-0.2, 0) is 22.7 Å². The summed E-state index contributed by atoms with van der Waals surface area (Å²) in [7, 11) is 0. The smallest absolute Gasteiger partial charge is 0.331 e. The Hall–Kier alpha value is -3.99. The van der Waals surface area contributed by atoms with Crippen molar-refractivity contribution in [3.63, 3.8) is 0 Å². The molecule has 0 unspecified atom stereocenters. The zero-order chi connectivity index (χ0) is 20.6. The molecule has 2 heterocycles. The van der Waals surface area contributed by atoms with Crippen LogP contribution >= 0.6 is 0 Å². The van der Waals surface area contributed by atoms with Crippen molar-refractivity contribution in [3.8, 4) is 11.3 Å². The van der Waals surface area contributed by atoms with Crippen LogP contribution in [0.2, 0.25) is 0 Å². The first-order chi connectivity index (χ1) is 14.8. The second kappa shape index (κ2) is 9.47. The fourth-order valence-electron chi connectivity index (χ4n) is 3.07. The molecule has 4 aromatic rings. The maximum Gasteiger partial charge on any atom is 0.331 e. The summed E-state index contributed by atoms with van der Waals surface area (Å²) in [6.07, 6.45) is 6.79. The van der Waals surface area contributed by atoms with Crippen LogP contribution in [0.25, 0.3) is 17.3 Å². The lowest BCUT2D eigenvalue weighted by molar-refractivity contribution is -0.139. The van der Waals surface area contributed by atoms with Gasteiger partial charge < -0.3 is 4.74 Å². The highest BCUT2D eigenvalue weighted by atomic mass is 16.5. The van der Waals surface area contributed by atoms with E-state index >= 15 is 0 Å². The summed E-state index contributed by atoms with van der Waals surface area (Å²) in [4.78, 5) is 16.3. The maximum absolute atomic E-state index is 12.2. The van der Waals surface area contributed by atoms with Crippen LogP contribution in [0, 0.1) is 0 Å². The van der Waals surface area contributed by atoms with Gasteiger partial charge >= 0.3 is 5.97 Å². The summed E-state index contributed by atoms with van der Waals surface area (Å²) in [5.74, 6) is -0.421. The van der Waals surface area contributed by atoms with Gasteiger partial charge in [0.25, 0.3) is 0 Å². The number of esters is 1. The van der Waals surface area contributed by atoms with Gasteiger partial charge in [-0.05, 0) is 23.8 Å². The monoisotopic (exact) mass is 395 g/mol. The molecule has 5 heteroatoms. The third-order valence-electron chi connectivity index (χ3n) is 4.51. The van der Waals surface area contributed by atoms with E-state index < -0.39 is 5.97 Å². The molecule has 2 aromatic heterocycles. The van der Waals surface area contributed by atoms with Gasteiger partial charge in [-0.3, -0.25) is 9.67 Å². The molecule has 0 aliphatic heterocycles. The number of carbonyl (C=O) groups excluding carboxylic acids is 1. The first-order valence-corrected chi connectivity index (χ1v) is 9.69. The molecule has 0 saturated carbocycles. The van der Waals surface area contributed by atoms with Crippen LogP contribution in [0.3, 0.4) is 0 Å². The Morgan fingerprint density at radius 1 is 0.933 bits per heavy atom. The van der Waals surface area contributed by atoms with Crippen LogP contribution in [0.15, 0.2) is 97.3 Å². The van der Waals surface area contributed by atoms with Gasteiger partial charge in [0.2, 0.25) is 0 Å². The molecule has 0 N–H and O–H groups in total. The van der Waals surface area contributed by atoms with Crippen LogP contribution < -0.4 is 0 Å². The highest BCUT2D eigenvalue weighted by molar-refractivity contribution is 5.88. The van der Waals surface area contributed by atoms with Crippen molar-refractivity contribution in [2.24, 2.45) is 0 Å².